The molecule has 0 unspecified atom stereocenters. The molecule has 1 aliphatic heterocycles. The van der Waals surface area contributed by atoms with Crippen molar-refractivity contribution in [2.75, 3.05) is 13.1 Å². The van der Waals surface area contributed by atoms with Gasteiger partial charge in [-0.1, -0.05) is 6.92 Å². The van der Waals surface area contributed by atoms with Gasteiger partial charge >= 0.3 is 0 Å². The average molecular weight is 342 g/mol. The van der Waals surface area contributed by atoms with Gasteiger partial charge in [-0.05, 0) is 51.3 Å². The Morgan fingerprint density at radius 3 is 2.48 bits per heavy atom. The quantitative estimate of drug-likeness (QED) is 0.894. The molecule has 7 heteroatoms. The van der Waals surface area contributed by atoms with Gasteiger partial charge in [-0.2, -0.15) is 4.31 Å². The normalized spacial score (nSPS) is 16.5. The van der Waals surface area contributed by atoms with Crippen molar-refractivity contribution in [3.63, 3.8) is 0 Å². The summed E-state index contributed by atoms with van der Waals surface area (Å²) in [5, 5.41) is 2.82. The van der Waals surface area contributed by atoms with E-state index in [9.17, 15) is 17.6 Å². The summed E-state index contributed by atoms with van der Waals surface area (Å²) >= 11 is 0. The Hall–Kier alpha value is -1.47. The fourth-order valence-electron chi connectivity index (χ4n) is 2.38. The number of amides is 1. The van der Waals surface area contributed by atoms with E-state index < -0.39 is 32.2 Å². The van der Waals surface area contributed by atoms with Crippen LogP contribution in [0, 0.1) is 5.82 Å². The van der Waals surface area contributed by atoms with E-state index >= 15 is 0 Å². The molecule has 0 bridgehead atoms. The molecule has 0 radical (unpaired) electrons. The molecular weight excluding hydrogens is 319 g/mol. The zero-order valence-electron chi connectivity index (χ0n) is 13.7. The van der Waals surface area contributed by atoms with Crippen molar-refractivity contribution in [1.29, 1.82) is 0 Å². The van der Waals surface area contributed by atoms with Gasteiger partial charge in [0.25, 0.3) is 5.91 Å². The molecule has 0 spiro atoms. The summed E-state index contributed by atoms with van der Waals surface area (Å²) < 4.78 is 40.4. The highest BCUT2D eigenvalue weighted by molar-refractivity contribution is 7.89. The van der Waals surface area contributed by atoms with Crippen LogP contribution in [0.1, 0.15) is 50.4 Å². The highest BCUT2D eigenvalue weighted by Gasteiger charge is 2.30. The summed E-state index contributed by atoms with van der Waals surface area (Å²) in [4.78, 5) is 11.9. The number of hydrogen-bond donors (Lipinski definition) is 1. The lowest BCUT2D eigenvalue weighted by molar-refractivity contribution is 0.0911. The highest BCUT2D eigenvalue weighted by atomic mass is 32.2. The van der Waals surface area contributed by atoms with Gasteiger partial charge in [0.15, 0.2) is 0 Å². The van der Waals surface area contributed by atoms with Crippen molar-refractivity contribution in [2.45, 2.75) is 50.5 Å². The molecule has 0 aromatic heterocycles. The lowest BCUT2D eigenvalue weighted by Crippen LogP contribution is -2.42. The van der Waals surface area contributed by atoms with E-state index in [1.165, 1.54) is 10.4 Å². The van der Waals surface area contributed by atoms with Gasteiger partial charge in [0, 0.05) is 24.2 Å². The van der Waals surface area contributed by atoms with Gasteiger partial charge in [-0.3, -0.25) is 4.79 Å². The summed E-state index contributed by atoms with van der Waals surface area (Å²) in [5.41, 5.74) is -0.273. The predicted octanol–water partition coefficient (Wildman–Crippen LogP) is 2.53. The van der Waals surface area contributed by atoms with Crippen LogP contribution in [0.25, 0.3) is 0 Å². The Morgan fingerprint density at radius 2 is 1.91 bits per heavy atom. The van der Waals surface area contributed by atoms with Crippen molar-refractivity contribution in [1.82, 2.24) is 9.62 Å². The van der Waals surface area contributed by atoms with Crippen LogP contribution in [0.4, 0.5) is 4.39 Å². The number of sulfonamides is 1. The van der Waals surface area contributed by atoms with Crippen LogP contribution in [-0.2, 0) is 10.0 Å². The summed E-state index contributed by atoms with van der Waals surface area (Å²) in [6, 6.07) is 3.47. The van der Waals surface area contributed by atoms with Gasteiger partial charge in [-0.15, -0.1) is 0 Å². The fourth-order valence-corrected chi connectivity index (χ4v) is 3.99. The first-order valence-corrected chi connectivity index (χ1v) is 9.23. The first-order chi connectivity index (χ1) is 10.7. The van der Waals surface area contributed by atoms with Crippen molar-refractivity contribution in [3.05, 3.63) is 29.6 Å². The first kappa shape index (κ1) is 17.9. The zero-order chi connectivity index (χ0) is 17.3. The Bertz CT molecular complexity index is 695. The molecular formula is C16H23FN2O3S. The Labute approximate surface area is 136 Å². The molecule has 1 fully saturated rings. The number of benzene rings is 1. The van der Waals surface area contributed by atoms with Crippen LogP contribution < -0.4 is 5.32 Å². The maximum absolute atomic E-state index is 14.0. The molecule has 23 heavy (non-hydrogen) atoms. The molecule has 0 atom stereocenters. The topological polar surface area (TPSA) is 66.5 Å². The maximum Gasteiger partial charge on any atom is 0.251 e. The van der Waals surface area contributed by atoms with Gasteiger partial charge < -0.3 is 5.32 Å². The number of halogens is 1. The summed E-state index contributed by atoms with van der Waals surface area (Å²) in [7, 11) is -3.90. The van der Waals surface area contributed by atoms with Gasteiger partial charge in [-0.25, -0.2) is 12.8 Å². The number of nitrogens with one attached hydrogen (secondary N) is 1. The molecule has 5 nitrogen and oxygen atoms in total. The summed E-state index contributed by atoms with van der Waals surface area (Å²) in [6.45, 7) is 6.46. The Kier molecular flexibility index (Phi) is 5.10. The third-order valence-corrected chi connectivity index (χ3v) is 6.13. The first-order valence-electron chi connectivity index (χ1n) is 7.79. The molecule has 0 saturated carbocycles. The van der Waals surface area contributed by atoms with Gasteiger partial charge in [0.05, 0.1) is 0 Å². The third kappa shape index (κ3) is 3.90. The number of rotatable bonds is 5. The molecule has 1 N–H and O–H groups in total. The van der Waals surface area contributed by atoms with E-state index in [1.54, 1.807) is 0 Å². The zero-order valence-corrected chi connectivity index (χ0v) is 14.5. The predicted molar refractivity (Wildman–Crippen MR) is 86.2 cm³/mol. The molecule has 1 saturated heterocycles. The minimum Gasteiger partial charge on any atom is -0.347 e. The molecule has 0 aliphatic carbocycles. The standard InChI is InChI=1S/C16H23FN2O3S/c1-4-16(2,3)18-15(20)12-7-8-13(17)14(11-12)23(21,22)19-9-5-6-10-19/h7-8,11H,4-6,9-10H2,1-3H3,(H,18,20). The van der Waals surface area contributed by atoms with Crippen LogP contribution in [0.5, 0.6) is 0 Å². The van der Waals surface area contributed by atoms with E-state index in [0.717, 1.165) is 31.4 Å². The van der Waals surface area contributed by atoms with E-state index in [1.807, 2.05) is 20.8 Å². The second-order valence-corrected chi connectivity index (χ2v) is 8.35. The van der Waals surface area contributed by atoms with Crippen molar-refractivity contribution in [3.8, 4) is 0 Å². The molecule has 1 aliphatic rings. The largest absolute Gasteiger partial charge is 0.347 e. The minimum absolute atomic E-state index is 0.144. The molecule has 1 amide bonds. The van der Waals surface area contributed by atoms with Crippen LogP contribution in [-0.4, -0.2) is 37.3 Å². The smallest absolute Gasteiger partial charge is 0.251 e. The summed E-state index contributed by atoms with van der Waals surface area (Å²) in [6.07, 6.45) is 2.26. The van der Waals surface area contributed by atoms with Crippen molar-refractivity contribution >= 4 is 15.9 Å². The highest BCUT2D eigenvalue weighted by Crippen LogP contribution is 2.24. The monoisotopic (exact) mass is 342 g/mol. The fraction of sp³-hybridized carbons (Fsp3) is 0.562. The van der Waals surface area contributed by atoms with E-state index in [0.29, 0.717) is 13.1 Å². The molecule has 128 valence electrons. The molecule has 1 aromatic carbocycles. The minimum atomic E-state index is -3.90. The number of hydrogen-bond acceptors (Lipinski definition) is 3. The number of carbonyl (C=O) groups is 1. The second-order valence-electron chi connectivity index (χ2n) is 6.45. The lowest BCUT2D eigenvalue weighted by atomic mass is 10.0. The third-order valence-electron chi connectivity index (χ3n) is 4.21. The average Bonchev–Trinajstić information content (AvgIpc) is 3.02. The second kappa shape index (κ2) is 6.57. The van der Waals surface area contributed by atoms with E-state index in [4.69, 9.17) is 0 Å². The SMILES string of the molecule is CCC(C)(C)NC(=O)c1ccc(F)c(S(=O)(=O)N2CCCC2)c1. The van der Waals surface area contributed by atoms with Crippen LogP contribution >= 0.6 is 0 Å². The molecule has 1 aromatic rings. The number of carbonyl (C=O) groups excluding carboxylic acids is 1. The van der Waals surface area contributed by atoms with E-state index in [2.05, 4.69) is 5.32 Å². The summed E-state index contributed by atoms with van der Waals surface area (Å²) in [5.74, 6) is -1.24. The van der Waals surface area contributed by atoms with Gasteiger partial charge in [0.2, 0.25) is 10.0 Å². The molecule has 2 rings (SSSR count). The van der Waals surface area contributed by atoms with Crippen molar-refractivity contribution in [2.24, 2.45) is 0 Å². The van der Waals surface area contributed by atoms with Gasteiger partial charge in [0.1, 0.15) is 10.7 Å². The Morgan fingerprint density at radius 1 is 1.30 bits per heavy atom. The lowest BCUT2D eigenvalue weighted by Gasteiger charge is -2.24. The van der Waals surface area contributed by atoms with E-state index in [-0.39, 0.29) is 5.56 Å². The maximum atomic E-state index is 14.0. The van der Waals surface area contributed by atoms with Crippen LogP contribution in [0.2, 0.25) is 0 Å². The number of nitrogens with zero attached hydrogens (tertiary/aromatic N) is 1. The van der Waals surface area contributed by atoms with Crippen LogP contribution in [0.15, 0.2) is 23.1 Å². The Balaban J connectivity index is 2.34. The van der Waals surface area contributed by atoms with Crippen molar-refractivity contribution < 1.29 is 17.6 Å². The van der Waals surface area contributed by atoms with Crippen LogP contribution in [0.3, 0.4) is 0 Å². The molecule has 1 heterocycles.